The van der Waals surface area contributed by atoms with Crippen LogP contribution in [0.5, 0.6) is 0 Å². The molecule has 2 N–H and O–H groups in total. The van der Waals surface area contributed by atoms with Gasteiger partial charge in [0.2, 0.25) is 0 Å². The van der Waals surface area contributed by atoms with E-state index in [-0.39, 0.29) is 5.54 Å². The Morgan fingerprint density at radius 1 is 1.14 bits per heavy atom. The predicted molar refractivity (Wildman–Crippen MR) is 91.5 cm³/mol. The molecule has 0 saturated carbocycles. The number of hydrogen-bond donors (Lipinski definition) is 1. The Labute approximate surface area is 130 Å². The number of hydrogen-bond acceptors (Lipinski definition) is 2. The first-order valence-corrected chi connectivity index (χ1v) is 8.72. The fourth-order valence-corrected chi connectivity index (χ4v) is 3.74. The topological polar surface area (TPSA) is 29.3 Å². The summed E-state index contributed by atoms with van der Waals surface area (Å²) in [5.41, 5.74) is 9.42. The number of unbranched alkanes of at least 4 members (excludes halogenated alkanes) is 2. The lowest BCUT2D eigenvalue weighted by atomic mass is 9.74. The van der Waals surface area contributed by atoms with Gasteiger partial charge >= 0.3 is 0 Å². The van der Waals surface area contributed by atoms with E-state index < -0.39 is 0 Å². The minimum absolute atomic E-state index is 0.226. The minimum Gasteiger partial charge on any atom is -0.320 e. The second-order valence-corrected chi connectivity index (χ2v) is 6.74. The maximum Gasteiger partial charge on any atom is 0.0541 e. The van der Waals surface area contributed by atoms with Crippen LogP contribution in [-0.4, -0.2) is 24.0 Å². The van der Waals surface area contributed by atoms with Gasteiger partial charge in [0.25, 0.3) is 0 Å². The van der Waals surface area contributed by atoms with E-state index in [0.29, 0.717) is 6.04 Å². The molecule has 1 aromatic carbocycles. The molecule has 2 heteroatoms. The Kier molecular flexibility index (Phi) is 5.83. The normalized spacial score (nSPS) is 25.1. The molecule has 21 heavy (non-hydrogen) atoms. The van der Waals surface area contributed by atoms with E-state index in [1.165, 1.54) is 62.7 Å². The lowest BCUT2D eigenvalue weighted by molar-refractivity contribution is 0.106. The maximum atomic E-state index is 6.84. The summed E-state index contributed by atoms with van der Waals surface area (Å²) in [6.07, 6.45) is 7.43. The van der Waals surface area contributed by atoms with Gasteiger partial charge in [-0.25, -0.2) is 0 Å². The number of rotatable bonds is 7. The average molecular weight is 288 g/mol. The summed E-state index contributed by atoms with van der Waals surface area (Å²) in [5.74, 6) is 0. The van der Waals surface area contributed by atoms with Crippen molar-refractivity contribution < 1.29 is 0 Å². The number of aryl methyl sites for hydroxylation is 1. The molecule has 1 aliphatic carbocycles. The van der Waals surface area contributed by atoms with Crippen LogP contribution in [0, 0.1) is 0 Å². The average Bonchev–Trinajstić information content (AvgIpc) is 2.49. The number of nitrogens with zero attached hydrogens (tertiary/aromatic N) is 1. The third kappa shape index (κ3) is 3.67. The van der Waals surface area contributed by atoms with Crippen LogP contribution in [0.15, 0.2) is 24.3 Å². The second kappa shape index (κ2) is 7.42. The molecular formula is C19H32N2. The molecule has 0 fully saturated rings. The van der Waals surface area contributed by atoms with Crippen LogP contribution in [0.2, 0.25) is 0 Å². The number of fused-ring (bicyclic) bond motifs is 1. The first kappa shape index (κ1) is 16.5. The van der Waals surface area contributed by atoms with Gasteiger partial charge in [0, 0.05) is 6.04 Å². The Bertz CT molecular complexity index is 431. The molecule has 0 aliphatic heterocycles. The van der Waals surface area contributed by atoms with E-state index in [1.54, 1.807) is 0 Å². The van der Waals surface area contributed by atoms with Gasteiger partial charge < -0.3 is 5.73 Å². The molecule has 2 atom stereocenters. The van der Waals surface area contributed by atoms with Gasteiger partial charge in [-0.05, 0) is 56.8 Å². The zero-order valence-corrected chi connectivity index (χ0v) is 14.1. The Hall–Kier alpha value is -0.860. The lowest BCUT2D eigenvalue weighted by Crippen LogP contribution is -2.57. The Balaban J connectivity index is 2.20. The summed E-state index contributed by atoms with van der Waals surface area (Å²) in [6.45, 7) is 9.17. The van der Waals surface area contributed by atoms with Crippen molar-refractivity contribution in [3.05, 3.63) is 35.4 Å². The van der Waals surface area contributed by atoms with Gasteiger partial charge in [-0.3, -0.25) is 4.90 Å². The van der Waals surface area contributed by atoms with Crippen molar-refractivity contribution >= 4 is 0 Å². The quantitative estimate of drug-likeness (QED) is 0.819. The zero-order valence-electron chi connectivity index (χ0n) is 14.1. The van der Waals surface area contributed by atoms with Crippen molar-refractivity contribution in [2.24, 2.45) is 5.73 Å². The lowest BCUT2D eigenvalue weighted by Gasteiger charge is -2.46. The van der Waals surface area contributed by atoms with Crippen molar-refractivity contribution in [1.29, 1.82) is 0 Å². The molecule has 2 unspecified atom stereocenters. The molecule has 0 heterocycles. The van der Waals surface area contributed by atoms with Crippen LogP contribution in [0.3, 0.4) is 0 Å². The van der Waals surface area contributed by atoms with Crippen molar-refractivity contribution in [2.75, 3.05) is 13.1 Å². The molecule has 0 saturated heterocycles. The van der Waals surface area contributed by atoms with Gasteiger partial charge in [0.05, 0.1) is 5.54 Å². The first-order chi connectivity index (χ1) is 10.1. The molecule has 1 aromatic rings. The zero-order chi connectivity index (χ0) is 15.3. The molecule has 118 valence electrons. The molecule has 2 rings (SSSR count). The molecule has 0 bridgehead atoms. The molecule has 0 aromatic heterocycles. The van der Waals surface area contributed by atoms with E-state index >= 15 is 0 Å². The van der Waals surface area contributed by atoms with Crippen molar-refractivity contribution in [1.82, 2.24) is 4.90 Å². The van der Waals surface area contributed by atoms with Gasteiger partial charge in [0.1, 0.15) is 0 Å². The van der Waals surface area contributed by atoms with Crippen LogP contribution >= 0.6 is 0 Å². The summed E-state index contributed by atoms with van der Waals surface area (Å²) >= 11 is 0. The highest BCUT2D eigenvalue weighted by molar-refractivity contribution is 5.37. The van der Waals surface area contributed by atoms with Crippen LogP contribution < -0.4 is 5.73 Å². The van der Waals surface area contributed by atoms with E-state index in [4.69, 9.17) is 5.73 Å². The van der Waals surface area contributed by atoms with E-state index in [9.17, 15) is 0 Å². The van der Waals surface area contributed by atoms with Gasteiger partial charge in [-0.1, -0.05) is 51.0 Å². The maximum absolute atomic E-state index is 6.84. The molecule has 0 spiro atoms. The van der Waals surface area contributed by atoms with Gasteiger partial charge in [0.15, 0.2) is 0 Å². The molecular weight excluding hydrogens is 256 g/mol. The second-order valence-electron chi connectivity index (χ2n) is 6.74. The monoisotopic (exact) mass is 288 g/mol. The summed E-state index contributed by atoms with van der Waals surface area (Å²) in [6, 6.07) is 9.24. The fraction of sp³-hybridized carbons (Fsp3) is 0.684. The first-order valence-electron chi connectivity index (χ1n) is 8.72. The van der Waals surface area contributed by atoms with Crippen LogP contribution in [0.25, 0.3) is 0 Å². The van der Waals surface area contributed by atoms with Crippen LogP contribution in [0.4, 0.5) is 0 Å². The predicted octanol–water partition coefficient (Wildman–Crippen LogP) is 4.08. The summed E-state index contributed by atoms with van der Waals surface area (Å²) in [5, 5.41) is 0. The van der Waals surface area contributed by atoms with Gasteiger partial charge in [-0.15, -0.1) is 0 Å². The molecule has 0 amide bonds. The van der Waals surface area contributed by atoms with E-state index in [2.05, 4.69) is 49.9 Å². The van der Waals surface area contributed by atoms with E-state index in [1.807, 2.05) is 0 Å². The molecule has 1 aliphatic rings. The van der Waals surface area contributed by atoms with Crippen LogP contribution in [-0.2, 0) is 12.0 Å². The van der Waals surface area contributed by atoms with Crippen molar-refractivity contribution in [3.8, 4) is 0 Å². The van der Waals surface area contributed by atoms with Crippen molar-refractivity contribution in [2.45, 2.75) is 70.9 Å². The third-order valence-electron chi connectivity index (χ3n) is 5.02. The van der Waals surface area contributed by atoms with Crippen molar-refractivity contribution in [3.63, 3.8) is 0 Å². The standard InChI is InChI=1S/C19H32N2/c1-4-6-14-21(15-7-5-2)18-13-12-16-10-8-9-11-17(16)19(18,3)20/h8-11,18H,4-7,12-15,20H2,1-3H3. The highest BCUT2D eigenvalue weighted by Crippen LogP contribution is 2.36. The Morgan fingerprint density at radius 3 is 2.38 bits per heavy atom. The smallest absolute Gasteiger partial charge is 0.0541 e. The fourth-order valence-electron chi connectivity index (χ4n) is 3.74. The highest BCUT2D eigenvalue weighted by atomic mass is 15.2. The summed E-state index contributed by atoms with van der Waals surface area (Å²) in [7, 11) is 0. The summed E-state index contributed by atoms with van der Waals surface area (Å²) in [4.78, 5) is 2.67. The van der Waals surface area contributed by atoms with Gasteiger partial charge in [-0.2, -0.15) is 0 Å². The number of benzene rings is 1. The van der Waals surface area contributed by atoms with E-state index in [0.717, 1.165) is 0 Å². The largest absolute Gasteiger partial charge is 0.320 e. The summed E-state index contributed by atoms with van der Waals surface area (Å²) < 4.78 is 0. The molecule has 2 nitrogen and oxygen atoms in total. The number of nitrogens with two attached hydrogens (primary N) is 1. The third-order valence-corrected chi connectivity index (χ3v) is 5.02. The highest BCUT2D eigenvalue weighted by Gasteiger charge is 2.39. The minimum atomic E-state index is -0.226. The Morgan fingerprint density at radius 2 is 1.76 bits per heavy atom. The SMILES string of the molecule is CCCCN(CCCC)C1CCc2ccccc2C1(C)N. The van der Waals surface area contributed by atoms with Crippen LogP contribution in [0.1, 0.15) is 64.0 Å². The molecule has 0 radical (unpaired) electrons.